The molecular formula is C24H24N8O3. The number of likely N-dealkylation sites (tertiary alicyclic amines) is 1. The lowest BCUT2D eigenvalue weighted by atomic mass is 9.98. The van der Waals surface area contributed by atoms with Crippen molar-refractivity contribution in [2.45, 2.75) is 30.8 Å². The molecule has 1 aliphatic carbocycles. The molecule has 1 amide bonds. The molecule has 4 aromatic rings. The minimum absolute atomic E-state index is 0.116. The van der Waals surface area contributed by atoms with Gasteiger partial charge in [-0.3, -0.25) is 9.48 Å². The summed E-state index contributed by atoms with van der Waals surface area (Å²) < 4.78 is 7.26. The number of amides is 1. The van der Waals surface area contributed by atoms with E-state index in [-0.39, 0.29) is 12.2 Å². The maximum absolute atomic E-state index is 12.4. The van der Waals surface area contributed by atoms with Crippen LogP contribution in [0.3, 0.4) is 0 Å². The van der Waals surface area contributed by atoms with Gasteiger partial charge in [-0.05, 0) is 31.0 Å². The van der Waals surface area contributed by atoms with Crippen LogP contribution in [0.5, 0.6) is 0 Å². The summed E-state index contributed by atoms with van der Waals surface area (Å²) in [4.78, 5) is 27.5. The molecule has 6 rings (SSSR count). The average Bonchev–Trinajstić information content (AvgIpc) is 3.35. The number of aromatic nitrogens is 6. The summed E-state index contributed by atoms with van der Waals surface area (Å²) in [5.41, 5.74) is 2.60. The first-order valence-corrected chi connectivity index (χ1v) is 11.5. The van der Waals surface area contributed by atoms with Crippen LogP contribution >= 0.6 is 0 Å². The molecule has 1 saturated heterocycles. The van der Waals surface area contributed by atoms with Crippen LogP contribution in [-0.2, 0) is 17.4 Å². The smallest absolute Gasteiger partial charge is 0.262 e. The molecule has 1 aliphatic heterocycles. The Bertz CT molecular complexity index is 1430. The molecule has 0 bridgehead atoms. The van der Waals surface area contributed by atoms with E-state index < -0.39 is 11.5 Å². The second-order valence-corrected chi connectivity index (χ2v) is 9.05. The Kier molecular flexibility index (Phi) is 4.88. The largest absolute Gasteiger partial charge is 0.373 e. The Hall–Kier alpha value is -4.12. The van der Waals surface area contributed by atoms with Gasteiger partial charge in [-0.15, -0.1) is 0 Å². The maximum atomic E-state index is 12.4. The summed E-state index contributed by atoms with van der Waals surface area (Å²) in [7, 11) is 3.59. The van der Waals surface area contributed by atoms with Crippen molar-refractivity contribution in [3.8, 4) is 22.8 Å². The van der Waals surface area contributed by atoms with Gasteiger partial charge >= 0.3 is 0 Å². The predicted molar refractivity (Wildman–Crippen MR) is 125 cm³/mol. The highest BCUT2D eigenvalue weighted by atomic mass is 16.5. The first-order valence-electron chi connectivity index (χ1n) is 11.5. The number of rotatable bonds is 6. The molecule has 2 aliphatic rings. The van der Waals surface area contributed by atoms with Crippen LogP contribution in [0, 0.1) is 0 Å². The number of nitrogens with one attached hydrogen (secondary N) is 1. The van der Waals surface area contributed by atoms with Crippen LogP contribution in [0.15, 0.2) is 47.2 Å². The molecule has 2 N–H and O–H groups in total. The minimum atomic E-state index is -1.70. The Morgan fingerprint density at radius 2 is 1.89 bits per heavy atom. The fraction of sp³-hybridized carbons (Fsp3) is 0.333. The van der Waals surface area contributed by atoms with E-state index in [1.807, 2.05) is 23.9 Å². The van der Waals surface area contributed by atoms with Crippen molar-refractivity contribution >= 4 is 17.5 Å². The molecule has 0 spiro atoms. The normalized spacial score (nSPS) is 20.0. The van der Waals surface area contributed by atoms with E-state index in [0.717, 1.165) is 24.2 Å². The molecule has 11 nitrogen and oxygen atoms in total. The third kappa shape index (κ3) is 3.73. The third-order valence-corrected chi connectivity index (χ3v) is 6.55. The Balaban J connectivity index is 1.27. The topological polar surface area (TPSA) is 135 Å². The summed E-state index contributed by atoms with van der Waals surface area (Å²) in [5.74, 6) is 0.697. The zero-order chi connectivity index (χ0) is 24.2. The zero-order valence-electron chi connectivity index (χ0n) is 19.3. The van der Waals surface area contributed by atoms with Crippen molar-refractivity contribution in [1.82, 2.24) is 34.8 Å². The quantitative estimate of drug-likeness (QED) is 0.434. The van der Waals surface area contributed by atoms with Gasteiger partial charge in [-0.2, -0.15) is 5.10 Å². The Morgan fingerprint density at radius 1 is 1.11 bits per heavy atom. The van der Waals surface area contributed by atoms with Gasteiger partial charge in [-0.1, -0.05) is 11.2 Å². The van der Waals surface area contributed by atoms with E-state index in [0.29, 0.717) is 41.2 Å². The van der Waals surface area contributed by atoms with Crippen LogP contribution in [0.2, 0.25) is 0 Å². The first-order chi connectivity index (χ1) is 16.9. The molecule has 11 heteroatoms. The molecule has 0 aromatic carbocycles. The number of pyridine rings is 1. The van der Waals surface area contributed by atoms with E-state index in [9.17, 15) is 9.90 Å². The SMILES string of the molecule is CN1CC[C@@](O)(c2cc(-c3cccc(-c4ccnc(Nc5cnn(C)c5C5CC5)n4)n3)no2)C1=O. The lowest BCUT2D eigenvalue weighted by Crippen LogP contribution is -2.35. The highest BCUT2D eigenvalue weighted by Gasteiger charge is 2.48. The number of carbonyl (C=O) groups excluding carboxylic acids is 1. The van der Waals surface area contributed by atoms with Crippen molar-refractivity contribution in [3.63, 3.8) is 0 Å². The number of hydrogen-bond donors (Lipinski definition) is 2. The molecule has 5 heterocycles. The highest BCUT2D eigenvalue weighted by molar-refractivity contribution is 5.87. The minimum Gasteiger partial charge on any atom is -0.373 e. The molecule has 1 atom stereocenters. The molecular weight excluding hydrogens is 448 g/mol. The summed E-state index contributed by atoms with van der Waals surface area (Å²) in [6, 6.07) is 8.83. The molecule has 35 heavy (non-hydrogen) atoms. The van der Waals surface area contributed by atoms with E-state index >= 15 is 0 Å². The van der Waals surface area contributed by atoms with Gasteiger partial charge in [0.2, 0.25) is 11.5 Å². The van der Waals surface area contributed by atoms with Gasteiger partial charge in [0.15, 0.2) is 5.76 Å². The first kappa shape index (κ1) is 21.4. The molecule has 2 fully saturated rings. The Morgan fingerprint density at radius 3 is 2.63 bits per heavy atom. The van der Waals surface area contributed by atoms with Gasteiger partial charge in [0.1, 0.15) is 5.69 Å². The number of likely N-dealkylation sites (N-methyl/N-ethyl adjacent to an activating group) is 1. The van der Waals surface area contributed by atoms with Crippen LogP contribution in [0.25, 0.3) is 22.8 Å². The predicted octanol–water partition coefficient (Wildman–Crippen LogP) is 2.60. The monoisotopic (exact) mass is 472 g/mol. The lowest BCUT2D eigenvalue weighted by Gasteiger charge is -2.16. The molecule has 4 aromatic heterocycles. The van der Waals surface area contributed by atoms with E-state index in [1.165, 1.54) is 4.90 Å². The summed E-state index contributed by atoms with van der Waals surface area (Å²) in [5, 5.41) is 22.6. The third-order valence-electron chi connectivity index (χ3n) is 6.55. The molecule has 178 valence electrons. The van der Waals surface area contributed by atoms with Gasteiger partial charge in [-0.25, -0.2) is 15.0 Å². The van der Waals surface area contributed by atoms with Crippen LogP contribution in [-0.4, -0.2) is 59.4 Å². The number of aliphatic hydroxyl groups is 1. The summed E-state index contributed by atoms with van der Waals surface area (Å²) in [6.07, 6.45) is 6.06. The number of aryl methyl sites for hydroxylation is 1. The van der Waals surface area contributed by atoms with Gasteiger partial charge in [0, 0.05) is 45.2 Å². The van der Waals surface area contributed by atoms with Crippen molar-refractivity contribution in [3.05, 3.63) is 54.2 Å². The van der Waals surface area contributed by atoms with Crippen LogP contribution in [0.1, 0.15) is 36.6 Å². The van der Waals surface area contributed by atoms with E-state index in [4.69, 9.17) is 4.52 Å². The second kappa shape index (κ2) is 7.98. The molecule has 0 radical (unpaired) electrons. The second-order valence-electron chi connectivity index (χ2n) is 9.05. The fourth-order valence-corrected chi connectivity index (χ4v) is 4.46. The van der Waals surface area contributed by atoms with Crippen LogP contribution in [0.4, 0.5) is 11.6 Å². The highest BCUT2D eigenvalue weighted by Crippen LogP contribution is 2.43. The number of carbonyl (C=O) groups is 1. The maximum Gasteiger partial charge on any atom is 0.262 e. The Labute approximate surface area is 200 Å². The van der Waals surface area contributed by atoms with Gasteiger partial charge in [0.05, 0.1) is 34.7 Å². The molecule has 0 unspecified atom stereocenters. The molecule has 1 saturated carbocycles. The van der Waals surface area contributed by atoms with Crippen molar-refractivity contribution in [2.24, 2.45) is 7.05 Å². The van der Waals surface area contributed by atoms with Gasteiger partial charge < -0.3 is 19.8 Å². The van der Waals surface area contributed by atoms with Crippen LogP contribution < -0.4 is 5.32 Å². The van der Waals surface area contributed by atoms with Gasteiger partial charge in [0.25, 0.3) is 5.91 Å². The summed E-state index contributed by atoms with van der Waals surface area (Å²) in [6.45, 7) is 0.449. The van der Waals surface area contributed by atoms with Crippen molar-refractivity contribution < 1.29 is 14.4 Å². The lowest BCUT2D eigenvalue weighted by molar-refractivity contribution is -0.144. The number of nitrogens with zero attached hydrogens (tertiary/aromatic N) is 7. The summed E-state index contributed by atoms with van der Waals surface area (Å²) >= 11 is 0. The fourth-order valence-electron chi connectivity index (χ4n) is 4.46. The zero-order valence-corrected chi connectivity index (χ0v) is 19.3. The van der Waals surface area contributed by atoms with Crippen molar-refractivity contribution in [2.75, 3.05) is 18.9 Å². The number of hydrogen-bond acceptors (Lipinski definition) is 9. The average molecular weight is 473 g/mol. The van der Waals surface area contributed by atoms with E-state index in [2.05, 4.69) is 30.5 Å². The number of anilines is 2. The standard InChI is InChI=1S/C24H24N8O3/c1-31-11-9-24(34,22(31)33)20-12-18(30-35-20)16-5-3-4-15(27-16)17-8-10-25-23(28-17)29-19-13-26-32(2)21(19)14-6-7-14/h3-5,8,10,12-14,34H,6-7,9,11H2,1-2H3,(H,25,28,29)/t24-/m1/s1. The van der Waals surface area contributed by atoms with Crippen molar-refractivity contribution in [1.29, 1.82) is 0 Å². The van der Waals surface area contributed by atoms with E-state index in [1.54, 1.807) is 37.6 Å².